The second-order valence-corrected chi connectivity index (χ2v) is 6.76. The van der Waals surface area contributed by atoms with Crippen molar-refractivity contribution in [2.24, 2.45) is 0 Å². The molecule has 112 valence electrons. The predicted molar refractivity (Wildman–Crippen MR) is 81.6 cm³/mol. The van der Waals surface area contributed by atoms with E-state index in [2.05, 4.69) is 17.0 Å². The normalized spacial score (nSPS) is 14.6. The Balaban J connectivity index is 2.75. The van der Waals surface area contributed by atoms with Crippen LogP contribution in [0.3, 0.4) is 0 Å². The van der Waals surface area contributed by atoms with E-state index >= 15 is 0 Å². The smallest absolute Gasteiger partial charge is 0.229 e. The molecule has 6 heteroatoms. The summed E-state index contributed by atoms with van der Waals surface area (Å²) in [5.41, 5.74) is 1.01. The number of hydrogen-bond acceptors (Lipinski definition) is 4. The molecule has 5 nitrogen and oxygen atoms in total. The fourth-order valence-electron chi connectivity index (χ4n) is 1.79. The summed E-state index contributed by atoms with van der Waals surface area (Å²) in [7, 11) is -3.29. The van der Waals surface area contributed by atoms with Crippen molar-refractivity contribution in [1.82, 2.24) is 5.32 Å². The van der Waals surface area contributed by atoms with Crippen molar-refractivity contribution in [3.63, 3.8) is 0 Å². The van der Waals surface area contributed by atoms with Crippen molar-refractivity contribution in [1.29, 1.82) is 0 Å². The molecule has 1 rings (SSSR count). The van der Waals surface area contributed by atoms with Crippen molar-refractivity contribution < 1.29 is 13.2 Å². The molecule has 0 saturated heterocycles. The molecule has 2 N–H and O–H groups in total. The molecule has 0 aliphatic carbocycles. The second-order valence-electron chi connectivity index (χ2n) is 5.01. The standard InChI is InChI=1S/C14H22N2O3S/c1-5-10(2)15-11(3)14(17)12-6-8-13(9-7-12)16-20(4,18)19/h6-11,15-16H,5H2,1-4H3. The summed E-state index contributed by atoms with van der Waals surface area (Å²) in [6.07, 6.45) is 2.04. The second kappa shape index (κ2) is 6.85. The Morgan fingerprint density at radius 2 is 1.75 bits per heavy atom. The van der Waals surface area contributed by atoms with Gasteiger partial charge >= 0.3 is 0 Å². The number of ketones is 1. The first kappa shape index (κ1) is 16.7. The highest BCUT2D eigenvalue weighted by molar-refractivity contribution is 7.92. The largest absolute Gasteiger partial charge is 0.305 e. The number of rotatable bonds is 7. The summed E-state index contributed by atoms with van der Waals surface area (Å²) in [5, 5.41) is 3.22. The van der Waals surface area contributed by atoms with E-state index in [1.165, 1.54) is 0 Å². The van der Waals surface area contributed by atoms with Crippen LogP contribution in [0.15, 0.2) is 24.3 Å². The number of Topliss-reactive ketones (excluding diaryl/α,β-unsaturated/α-hetero) is 1. The monoisotopic (exact) mass is 298 g/mol. The zero-order valence-corrected chi connectivity index (χ0v) is 13.1. The van der Waals surface area contributed by atoms with Gasteiger partial charge in [-0.3, -0.25) is 9.52 Å². The van der Waals surface area contributed by atoms with Gasteiger partial charge in [0.05, 0.1) is 12.3 Å². The van der Waals surface area contributed by atoms with E-state index in [-0.39, 0.29) is 17.9 Å². The van der Waals surface area contributed by atoms with Crippen LogP contribution in [0.1, 0.15) is 37.6 Å². The minimum absolute atomic E-state index is 0.00351. The lowest BCUT2D eigenvalue weighted by molar-refractivity contribution is 0.0945. The molecule has 20 heavy (non-hydrogen) atoms. The van der Waals surface area contributed by atoms with E-state index in [1.54, 1.807) is 24.3 Å². The maximum atomic E-state index is 12.2. The number of hydrogen-bond donors (Lipinski definition) is 2. The lowest BCUT2D eigenvalue weighted by atomic mass is 10.0. The molecule has 0 heterocycles. The third kappa shape index (κ3) is 5.30. The van der Waals surface area contributed by atoms with Gasteiger partial charge in [0.1, 0.15) is 0 Å². The first-order chi connectivity index (χ1) is 9.23. The van der Waals surface area contributed by atoms with Gasteiger partial charge in [0.15, 0.2) is 5.78 Å². The highest BCUT2D eigenvalue weighted by atomic mass is 32.2. The maximum Gasteiger partial charge on any atom is 0.229 e. The molecule has 1 aromatic carbocycles. The van der Waals surface area contributed by atoms with E-state index in [9.17, 15) is 13.2 Å². The predicted octanol–water partition coefficient (Wildman–Crippen LogP) is 2.02. The number of nitrogens with one attached hydrogen (secondary N) is 2. The fraction of sp³-hybridized carbons (Fsp3) is 0.500. The van der Waals surface area contributed by atoms with Crippen molar-refractivity contribution >= 4 is 21.5 Å². The molecule has 2 unspecified atom stereocenters. The lowest BCUT2D eigenvalue weighted by Crippen LogP contribution is -2.39. The third-order valence-electron chi connectivity index (χ3n) is 3.01. The average molecular weight is 298 g/mol. The minimum Gasteiger partial charge on any atom is -0.305 e. The number of anilines is 1. The van der Waals surface area contributed by atoms with Crippen molar-refractivity contribution in [2.45, 2.75) is 39.3 Å². The molecule has 0 bridgehead atoms. The number of carbonyl (C=O) groups excluding carboxylic acids is 1. The Morgan fingerprint density at radius 1 is 1.20 bits per heavy atom. The molecular formula is C14H22N2O3S. The summed E-state index contributed by atoms with van der Waals surface area (Å²) in [4.78, 5) is 12.2. The SMILES string of the molecule is CCC(C)NC(C)C(=O)c1ccc(NS(C)(=O)=O)cc1. The number of sulfonamides is 1. The Labute approximate surface area is 120 Å². The van der Waals surface area contributed by atoms with Gasteiger partial charge in [-0.25, -0.2) is 8.42 Å². The summed E-state index contributed by atoms with van der Waals surface area (Å²) < 4.78 is 24.6. The van der Waals surface area contributed by atoms with Crippen LogP contribution in [0.2, 0.25) is 0 Å². The van der Waals surface area contributed by atoms with Gasteiger partial charge in [-0.1, -0.05) is 6.92 Å². The molecule has 0 aliphatic rings. The quantitative estimate of drug-likeness (QED) is 0.755. The summed E-state index contributed by atoms with van der Waals surface area (Å²) >= 11 is 0. The van der Waals surface area contributed by atoms with Crippen LogP contribution < -0.4 is 10.0 Å². The highest BCUT2D eigenvalue weighted by Gasteiger charge is 2.16. The summed E-state index contributed by atoms with van der Waals surface area (Å²) in [5.74, 6) is -0.00351. The van der Waals surface area contributed by atoms with Gasteiger partial charge in [0.25, 0.3) is 0 Å². The van der Waals surface area contributed by atoms with Crippen LogP contribution in [-0.2, 0) is 10.0 Å². The number of carbonyl (C=O) groups is 1. The van der Waals surface area contributed by atoms with E-state index in [0.29, 0.717) is 11.3 Å². The fourth-order valence-corrected chi connectivity index (χ4v) is 2.35. The molecule has 1 aromatic rings. The zero-order valence-electron chi connectivity index (χ0n) is 12.3. The van der Waals surface area contributed by atoms with Gasteiger partial charge in [0, 0.05) is 17.3 Å². The Bertz CT molecular complexity index is 552. The van der Waals surface area contributed by atoms with Crippen LogP contribution in [0, 0.1) is 0 Å². The number of benzene rings is 1. The van der Waals surface area contributed by atoms with E-state index < -0.39 is 10.0 Å². The molecule has 0 amide bonds. The van der Waals surface area contributed by atoms with Gasteiger partial charge in [-0.15, -0.1) is 0 Å². The van der Waals surface area contributed by atoms with Gasteiger partial charge in [-0.2, -0.15) is 0 Å². The van der Waals surface area contributed by atoms with Gasteiger partial charge in [-0.05, 0) is 44.5 Å². The first-order valence-electron chi connectivity index (χ1n) is 6.61. The summed E-state index contributed by atoms with van der Waals surface area (Å²) in [6.45, 7) is 5.92. The molecule has 0 aliphatic heterocycles. The molecular weight excluding hydrogens is 276 g/mol. The Morgan fingerprint density at radius 3 is 2.20 bits per heavy atom. The highest BCUT2D eigenvalue weighted by Crippen LogP contribution is 2.12. The molecule has 0 radical (unpaired) electrons. The van der Waals surface area contributed by atoms with Crippen LogP contribution in [0.5, 0.6) is 0 Å². The summed E-state index contributed by atoms with van der Waals surface area (Å²) in [6, 6.07) is 6.45. The molecule has 0 fully saturated rings. The topological polar surface area (TPSA) is 75.3 Å². The van der Waals surface area contributed by atoms with Crippen molar-refractivity contribution in [2.75, 3.05) is 11.0 Å². The first-order valence-corrected chi connectivity index (χ1v) is 8.50. The van der Waals surface area contributed by atoms with Gasteiger partial charge in [0.2, 0.25) is 10.0 Å². The Hall–Kier alpha value is -1.40. The van der Waals surface area contributed by atoms with E-state index in [4.69, 9.17) is 0 Å². The molecule has 0 saturated carbocycles. The Kier molecular flexibility index (Phi) is 5.71. The van der Waals surface area contributed by atoms with Crippen LogP contribution in [0.25, 0.3) is 0 Å². The zero-order chi connectivity index (χ0) is 15.3. The van der Waals surface area contributed by atoms with Gasteiger partial charge < -0.3 is 5.32 Å². The molecule has 2 atom stereocenters. The third-order valence-corrected chi connectivity index (χ3v) is 3.62. The van der Waals surface area contributed by atoms with Crippen LogP contribution >= 0.6 is 0 Å². The maximum absolute atomic E-state index is 12.2. The minimum atomic E-state index is -3.29. The average Bonchev–Trinajstić information content (AvgIpc) is 2.36. The van der Waals surface area contributed by atoms with Crippen LogP contribution in [0.4, 0.5) is 5.69 Å². The van der Waals surface area contributed by atoms with Crippen molar-refractivity contribution in [3.05, 3.63) is 29.8 Å². The molecule has 0 aromatic heterocycles. The van der Waals surface area contributed by atoms with E-state index in [0.717, 1.165) is 12.7 Å². The van der Waals surface area contributed by atoms with Crippen LogP contribution in [-0.4, -0.2) is 32.5 Å². The molecule has 0 spiro atoms. The van der Waals surface area contributed by atoms with Crippen molar-refractivity contribution in [3.8, 4) is 0 Å². The van der Waals surface area contributed by atoms with E-state index in [1.807, 2.05) is 13.8 Å². The lowest BCUT2D eigenvalue weighted by Gasteiger charge is -2.17.